The molecule has 0 saturated carbocycles. The number of carboxylic acids is 6. The van der Waals surface area contributed by atoms with Gasteiger partial charge in [0.1, 0.15) is 53.6 Å². The van der Waals surface area contributed by atoms with Gasteiger partial charge >= 0.3 is 35.8 Å². The highest BCUT2D eigenvalue weighted by molar-refractivity contribution is 7.99. The highest BCUT2D eigenvalue weighted by Crippen LogP contribution is 2.18. The molecule has 110 heavy (non-hydrogen) atoms. The van der Waals surface area contributed by atoms with E-state index >= 15 is 0 Å². The molecule has 0 amide bonds. The number of Topliss-reactive ketones (excluding diaryl/α,β-unsaturated/α-hetero) is 3. The number of carboxylic acid groups (broad SMARTS) is 6. The maximum Gasteiger partial charge on any atom is 0.322 e. The number of carbonyl (C=O) groups is 9. The normalized spacial score (nSPS) is 19.6. The van der Waals surface area contributed by atoms with Gasteiger partial charge in [0.2, 0.25) is 0 Å². The van der Waals surface area contributed by atoms with Crippen molar-refractivity contribution in [1.29, 1.82) is 0 Å². The Kier molecular flexibility index (Phi) is 68.1. The second kappa shape index (κ2) is 68.5. The lowest BCUT2D eigenvalue weighted by Gasteiger charge is -2.11. The Morgan fingerprint density at radius 2 is 0.673 bits per heavy atom. The number of ketones is 3. The van der Waals surface area contributed by atoms with Crippen molar-refractivity contribution in [3.8, 4) is 0 Å². The number of unbranched alkanes of at least 4 members (excludes halogenated alkanes) is 3. The highest BCUT2D eigenvalue weighted by atomic mass is 32.2. The van der Waals surface area contributed by atoms with Gasteiger partial charge in [-0.05, 0) is 78.1 Å². The lowest BCUT2D eigenvalue weighted by molar-refractivity contribution is -0.142. The minimum Gasteiger partial charge on any atom is -0.480 e. The van der Waals surface area contributed by atoms with Crippen LogP contribution in [0.25, 0.3) is 0 Å². The summed E-state index contributed by atoms with van der Waals surface area (Å²) in [6.45, 7) is 13.8. The molecule has 0 aromatic rings. The van der Waals surface area contributed by atoms with E-state index in [0.717, 1.165) is 64.2 Å². The van der Waals surface area contributed by atoms with Gasteiger partial charge in [-0.3, -0.25) is 43.2 Å². The third kappa shape index (κ3) is 58.9. The van der Waals surface area contributed by atoms with Crippen LogP contribution in [0.5, 0.6) is 0 Å². The SMILES string of the molecule is C.C.C.CC(=O)C(N)CCC1OCCO1.CC(=O)C(N)CCCCC1OCCO1.NC(CC(=O)CC1OCCO1)C(=O)O.NC(CCCC1OCCO1)C(=O)O.NC(CCCCCC1OCCO1)C(=O)O.NC(CNCC1OCCO1)C(=O)O.NC(COCC1OCCO1)C(=O)O.NC(CSCC1OCCO1)C(=O)O. The third-order valence-electron chi connectivity index (χ3n) is 15.4. The zero-order valence-corrected chi connectivity index (χ0v) is 62.2. The van der Waals surface area contributed by atoms with Crippen molar-refractivity contribution in [2.75, 3.05) is 144 Å². The smallest absolute Gasteiger partial charge is 0.322 e. The molecule has 8 rings (SSSR count). The average molecular weight is 1620 g/mol. The second-order valence-corrected chi connectivity index (χ2v) is 25.7. The summed E-state index contributed by atoms with van der Waals surface area (Å²) in [4.78, 5) is 94.7. The molecule has 23 N–H and O–H groups in total. The lowest BCUT2D eigenvalue weighted by Crippen LogP contribution is -2.42. The fourth-order valence-corrected chi connectivity index (χ4v) is 10.0. The van der Waals surface area contributed by atoms with Crippen LogP contribution in [0.15, 0.2) is 0 Å². The van der Waals surface area contributed by atoms with Gasteiger partial charge in [0, 0.05) is 37.4 Å². The molecule has 8 heterocycles. The van der Waals surface area contributed by atoms with E-state index in [1.165, 1.54) is 25.6 Å². The first-order chi connectivity index (χ1) is 51.0. The molecule has 8 aliphatic rings. The fourth-order valence-electron chi connectivity index (χ4n) is 9.12. The highest BCUT2D eigenvalue weighted by Gasteiger charge is 2.26. The van der Waals surface area contributed by atoms with Crippen LogP contribution in [0.1, 0.15) is 139 Å². The zero-order chi connectivity index (χ0) is 79.7. The average Bonchev–Trinajstić information content (AvgIpc) is 1.84. The van der Waals surface area contributed by atoms with Gasteiger partial charge in [-0.15, -0.1) is 0 Å². The quantitative estimate of drug-likeness (QED) is 0.0334. The molecule has 8 unspecified atom stereocenters. The van der Waals surface area contributed by atoms with Gasteiger partial charge < -0.3 is 162 Å². The number of nitrogens with two attached hydrogens (primary N) is 8. The topological polar surface area (TPSA) is 652 Å². The Morgan fingerprint density at radius 1 is 0.355 bits per heavy atom. The number of hydrogen-bond acceptors (Lipinski definition) is 36. The molecule has 8 saturated heterocycles. The van der Waals surface area contributed by atoms with Gasteiger partial charge in [0.05, 0.1) is 137 Å². The number of hydrogen-bond donors (Lipinski definition) is 15. The largest absolute Gasteiger partial charge is 0.480 e. The van der Waals surface area contributed by atoms with Crippen molar-refractivity contribution in [2.24, 2.45) is 45.9 Å². The summed E-state index contributed by atoms with van der Waals surface area (Å²) in [6, 6.07) is -5.93. The minimum atomic E-state index is -1.17. The van der Waals surface area contributed by atoms with Gasteiger partial charge in [0.25, 0.3) is 0 Å². The molecule has 8 atom stereocenters. The van der Waals surface area contributed by atoms with Crippen LogP contribution in [0.2, 0.25) is 0 Å². The fraction of sp³-hybridized carbons (Fsp3) is 0.868. The molecule has 8 aliphatic heterocycles. The molecule has 0 radical (unpaired) electrons. The number of nitrogens with one attached hydrogen (secondary N) is 1. The predicted octanol–water partition coefficient (Wildman–Crippen LogP) is -0.763. The van der Waals surface area contributed by atoms with E-state index in [9.17, 15) is 43.2 Å². The molecule has 0 bridgehead atoms. The first kappa shape index (κ1) is 109. The van der Waals surface area contributed by atoms with Crippen LogP contribution >= 0.6 is 11.8 Å². The van der Waals surface area contributed by atoms with Gasteiger partial charge in [-0.25, -0.2) is 0 Å². The summed E-state index contributed by atoms with van der Waals surface area (Å²) in [6.07, 6.45) is 9.33. The van der Waals surface area contributed by atoms with Crippen LogP contribution in [0.4, 0.5) is 0 Å². The number of thioether (sulfide) groups is 1. The van der Waals surface area contributed by atoms with E-state index in [1.54, 1.807) is 0 Å². The Bertz CT molecular complexity index is 2230. The van der Waals surface area contributed by atoms with Crippen LogP contribution in [-0.2, 0) is 124 Å². The van der Waals surface area contributed by atoms with Crippen molar-refractivity contribution in [3.05, 3.63) is 0 Å². The van der Waals surface area contributed by atoms with Gasteiger partial charge in [-0.2, -0.15) is 11.8 Å². The minimum absolute atomic E-state index is 0. The lowest BCUT2D eigenvalue weighted by atomic mass is 10.1. The van der Waals surface area contributed by atoms with E-state index in [1.807, 2.05) is 0 Å². The van der Waals surface area contributed by atoms with E-state index < -0.39 is 78.4 Å². The summed E-state index contributed by atoms with van der Waals surface area (Å²) in [5.74, 6) is -5.25. The monoisotopic (exact) mass is 1620 g/mol. The molecule has 648 valence electrons. The zero-order valence-electron chi connectivity index (χ0n) is 61.4. The van der Waals surface area contributed by atoms with Crippen LogP contribution in [0, 0.1) is 0 Å². The summed E-state index contributed by atoms with van der Waals surface area (Å²) in [5, 5.41) is 53.7. The van der Waals surface area contributed by atoms with Crippen molar-refractivity contribution < 1.29 is 154 Å². The van der Waals surface area contributed by atoms with Crippen LogP contribution in [-0.4, -0.2) is 326 Å². The van der Waals surface area contributed by atoms with E-state index in [4.69, 9.17) is 157 Å². The van der Waals surface area contributed by atoms with E-state index in [0.29, 0.717) is 149 Å². The van der Waals surface area contributed by atoms with Gasteiger partial charge in [0.15, 0.2) is 50.3 Å². The first-order valence-electron chi connectivity index (χ1n) is 35.6. The third-order valence-corrected chi connectivity index (χ3v) is 16.5. The molecular weight excluding hydrogens is 1490 g/mol. The van der Waals surface area contributed by atoms with E-state index in [2.05, 4.69) is 5.32 Å². The Morgan fingerprint density at radius 3 is 1.07 bits per heavy atom. The molecule has 42 heteroatoms. The van der Waals surface area contributed by atoms with Gasteiger partial charge in [-0.1, -0.05) is 41.5 Å². The number of ether oxygens (including phenoxy) is 17. The maximum absolute atomic E-state index is 11.2. The summed E-state index contributed by atoms with van der Waals surface area (Å²) in [5.41, 5.74) is 42.8. The second-order valence-electron chi connectivity index (χ2n) is 24.6. The number of carbonyl (C=O) groups excluding carboxylic acids is 3. The standard InChI is InChI=1S/C10H19NO4.C10H19NO3.C8H13NO5.C8H15NO4.C8H15NO3.C7H14N2O4.C7H13NO5.C7H13NO4S.3CH4/c11-8(10(12)13)4-2-1-3-5-9-14-6-7-15-9;1-8(12)9(11)4-2-3-5-10-13-6-7-14-10;9-6(8(11)12)3-5(10)4-7-13-1-2-14-7;9-6(8(10)11)2-1-3-7-12-4-5-13-7;1-6(10)7(9)2-3-8-11-4-5-12-8;8-5(7(10)11)3-9-4-6-12-1-2-13-6;8-5(7(9)10)3-11-4-6-12-1-2-13-6;8-5(7(9)10)3-13-4-6-11-1-2-12-6;;;/h8-9H,1-7,11H2,(H,12,13);9-10H,2-7,11H2,1H3;6-7H,1-4,9H2,(H,11,12);6-7H,1-5,9H2,(H,10,11);7-8H,2-5,9H2,1H3;5-6,9H,1-4,8H2,(H,10,11);2*5-6H,1-4,8H2,(H,9,10);3*1H4. The maximum atomic E-state index is 11.2. The van der Waals surface area contributed by atoms with Crippen molar-refractivity contribution in [1.82, 2.24) is 5.32 Å². The molecule has 0 aromatic carbocycles. The summed E-state index contributed by atoms with van der Waals surface area (Å²) < 4.78 is 87.6. The molecule has 0 aliphatic carbocycles. The first-order valence-corrected chi connectivity index (χ1v) is 36.8. The van der Waals surface area contributed by atoms with Crippen LogP contribution in [0.3, 0.4) is 0 Å². The van der Waals surface area contributed by atoms with Crippen molar-refractivity contribution >= 4 is 64.9 Å². The molecular formula is C68H133N9O32S. The number of rotatable bonds is 42. The molecule has 0 aromatic heterocycles. The number of aliphatic carboxylic acids is 6. The van der Waals surface area contributed by atoms with E-state index in [-0.39, 0.29) is 128 Å². The Hall–Kier alpha value is -4.86. The molecule has 41 nitrogen and oxygen atoms in total. The molecule has 0 spiro atoms. The Labute approximate surface area is 649 Å². The predicted molar refractivity (Wildman–Crippen MR) is 397 cm³/mol. The Balaban J connectivity index is -0.00000119. The van der Waals surface area contributed by atoms with Crippen molar-refractivity contribution in [3.63, 3.8) is 0 Å². The summed E-state index contributed by atoms with van der Waals surface area (Å²) in [7, 11) is 0. The van der Waals surface area contributed by atoms with Crippen molar-refractivity contribution in [2.45, 2.75) is 238 Å². The molecule has 8 fully saturated rings. The summed E-state index contributed by atoms with van der Waals surface area (Å²) >= 11 is 1.43. The van der Waals surface area contributed by atoms with Crippen LogP contribution < -0.4 is 51.2 Å².